The number of benzene rings is 1. The Kier molecular flexibility index (Phi) is 7.35. The molecule has 0 saturated heterocycles. The summed E-state index contributed by atoms with van der Waals surface area (Å²) in [7, 11) is 0. The number of amides is 2. The number of ether oxygens (including phenoxy) is 1. The lowest BCUT2D eigenvalue weighted by Crippen LogP contribution is -2.46. The van der Waals surface area contributed by atoms with Gasteiger partial charge in [0.2, 0.25) is 0 Å². The Morgan fingerprint density at radius 1 is 1.32 bits per heavy atom. The molecule has 0 heterocycles. The van der Waals surface area contributed by atoms with Crippen LogP contribution < -0.4 is 10.6 Å². The van der Waals surface area contributed by atoms with Gasteiger partial charge in [-0.05, 0) is 37.5 Å². The molecule has 2 unspecified atom stereocenters. The Hall–Kier alpha value is -1.59. The van der Waals surface area contributed by atoms with Crippen LogP contribution in [0.5, 0.6) is 0 Å². The molecule has 5 heteroatoms. The second-order valence-electron chi connectivity index (χ2n) is 5.81. The van der Waals surface area contributed by atoms with Gasteiger partial charge in [-0.2, -0.15) is 0 Å². The van der Waals surface area contributed by atoms with Crippen molar-refractivity contribution < 1.29 is 14.6 Å². The highest BCUT2D eigenvalue weighted by atomic mass is 16.5. The maximum Gasteiger partial charge on any atom is 0.319 e. The molecule has 0 fully saturated rings. The molecule has 124 valence electrons. The molecular formula is C17H28N2O3. The molecule has 5 nitrogen and oxygen atoms in total. The van der Waals surface area contributed by atoms with Crippen LogP contribution in [0.25, 0.3) is 0 Å². The topological polar surface area (TPSA) is 70.6 Å². The van der Waals surface area contributed by atoms with Crippen molar-refractivity contribution in [3.8, 4) is 0 Å². The highest BCUT2D eigenvalue weighted by Crippen LogP contribution is 2.19. The van der Waals surface area contributed by atoms with Gasteiger partial charge >= 0.3 is 6.03 Å². The molecule has 0 aliphatic carbocycles. The number of urea groups is 1. The Bertz CT molecular complexity index is 457. The van der Waals surface area contributed by atoms with E-state index in [0.29, 0.717) is 18.9 Å². The van der Waals surface area contributed by atoms with Crippen molar-refractivity contribution in [2.24, 2.45) is 5.92 Å². The molecular weight excluding hydrogens is 280 g/mol. The van der Waals surface area contributed by atoms with E-state index in [1.165, 1.54) is 0 Å². The molecule has 0 aliphatic rings. The quantitative estimate of drug-likeness (QED) is 0.691. The van der Waals surface area contributed by atoms with Gasteiger partial charge in [-0.25, -0.2) is 4.79 Å². The van der Waals surface area contributed by atoms with E-state index in [1.807, 2.05) is 45.0 Å². The first-order valence-corrected chi connectivity index (χ1v) is 7.83. The second kappa shape index (κ2) is 8.76. The van der Waals surface area contributed by atoms with Gasteiger partial charge in [-0.1, -0.05) is 32.4 Å². The Morgan fingerprint density at radius 3 is 2.50 bits per heavy atom. The van der Waals surface area contributed by atoms with E-state index in [0.717, 1.165) is 12.0 Å². The van der Waals surface area contributed by atoms with Crippen LogP contribution in [0.1, 0.15) is 39.7 Å². The summed E-state index contributed by atoms with van der Waals surface area (Å²) in [5, 5.41) is 15.7. The van der Waals surface area contributed by atoms with Gasteiger partial charge in [0, 0.05) is 18.8 Å². The van der Waals surface area contributed by atoms with E-state index in [9.17, 15) is 9.90 Å². The molecule has 0 saturated carbocycles. The zero-order valence-electron chi connectivity index (χ0n) is 14.0. The molecule has 0 radical (unpaired) electrons. The first-order valence-electron chi connectivity index (χ1n) is 7.83. The number of nitrogens with one attached hydrogen (secondary N) is 2. The summed E-state index contributed by atoms with van der Waals surface area (Å²) in [6.45, 7) is 9.15. The molecule has 0 bridgehead atoms. The van der Waals surface area contributed by atoms with Crippen molar-refractivity contribution in [3.05, 3.63) is 29.8 Å². The standard InChI is InChI=1S/C17H28N2O3/c1-5-13(3)17(4,21)12-18-16(20)19-15-9-7-14(8-10-15)11-22-6-2/h7-10,13,21H,5-6,11-12H2,1-4H3,(H2,18,19,20). The largest absolute Gasteiger partial charge is 0.388 e. The van der Waals surface area contributed by atoms with Crippen molar-refractivity contribution >= 4 is 11.7 Å². The average molecular weight is 308 g/mol. The van der Waals surface area contributed by atoms with E-state index in [2.05, 4.69) is 10.6 Å². The first-order chi connectivity index (χ1) is 10.4. The van der Waals surface area contributed by atoms with Crippen LogP contribution in [0, 0.1) is 5.92 Å². The summed E-state index contributed by atoms with van der Waals surface area (Å²) >= 11 is 0. The summed E-state index contributed by atoms with van der Waals surface area (Å²) in [4.78, 5) is 11.9. The molecule has 1 aromatic carbocycles. The van der Waals surface area contributed by atoms with Gasteiger partial charge in [0.25, 0.3) is 0 Å². The highest BCUT2D eigenvalue weighted by molar-refractivity contribution is 5.89. The fourth-order valence-electron chi connectivity index (χ4n) is 1.95. The van der Waals surface area contributed by atoms with Gasteiger partial charge in [-0.3, -0.25) is 0 Å². The summed E-state index contributed by atoms with van der Waals surface area (Å²) in [5.74, 6) is 0.116. The second-order valence-corrected chi connectivity index (χ2v) is 5.81. The molecule has 22 heavy (non-hydrogen) atoms. The monoisotopic (exact) mass is 308 g/mol. The zero-order chi connectivity index (χ0) is 16.6. The molecule has 0 aliphatic heterocycles. The fraction of sp³-hybridized carbons (Fsp3) is 0.588. The van der Waals surface area contributed by atoms with Crippen LogP contribution in [0.3, 0.4) is 0 Å². The molecule has 1 aromatic rings. The van der Waals surface area contributed by atoms with Crippen LogP contribution in [0.15, 0.2) is 24.3 Å². The van der Waals surface area contributed by atoms with Crippen molar-refractivity contribution in [2.75, 3.05) is 18.5 Å². The maximum atomic E-state index is 11.9. The Morgan fingerprint density at radius 2 is 1.95 bits per heavy atom. The number of rotatable bonds is 8. The number of anilines is 1. The number of hydrogen-bond donors (Lipinski definition) is 3. The lowest BCUT2D eigenvalue weighted by molar-refractivity contribution is 0.00827. The van der Waals surface area contributed by atoms with E-state index in [1.54, 1.807) is 6.92 Å². The summed E-state index contributed by atoms with van der Waals surface area (Å²) in [6.07, 6.45) is 0.859. The van der Waals surface area contributed by atoms with Gasteiger partial charge in [0.05, 0.1) is 12.2 Å². The predicted octanol–water partition coefficient (Wildman–Crippen LogP) is 3.14. The van der Waals surface area contributed by atoms with Gasteiger partial charge in [-0.15, -0.1) is 0 Å². The van der Waals surface area contributed by atoms with Gasteiger partial charge in [0.15, 0.2) is 0 Å². The summed E-state index contributed by atoms with van der Waals surface area (Å²) < 4.78 is 5.32. The van der Waals surface area contributed by atoms with Crippen molar-refractivity contribution in [3.63, 3.8) is 0 Å². The molecule has 1 rings (SSSR count). The Balaban J connectivity index is 2.45. The molecule has 2 atom stereocenters. The van der Waals surface area contributed by atoms with E-state index < -0.39 is 5.60 Å². The van der Waals surface area contributed by atoms with Crippen molar-refractivity contribution in [2.45, 2.75) is 46.3 Å². The van der Waals surface area contributed by atoms with E-state index in [-0.39, 0.29) is 18.5 Å². The first kappa shape index (κ1) is 18.5. The molecule has 0 aromatic heterocycles. The minimum atomic E-state index is -0.909. The number of carbonyl (C=O) groups is 1. The highest BCUT2D eigenvalue weighted by Gasteiger charge is 2.27. The third-order valence-corrected chi connectivity index (χ3v) is 3.97. The molecule has 2 amide bonds. The minimum Gasteiger partial charge on any atom is -0.388 e. The Labute approximate surface area is 133 Å². The predicted molar refractivity (Wildman–Crippen MR) is 88.9 cm³/mol. The van der Waals surface area contributed by atoms with Crippen LogP contribution >= 0.6 is 0 Å². The summed E-state index contributed by atoms with van der Waals surface area (Å²) in [5.41, 5.74) is 0.862. The van der Waals surface area contributed by atoms with Crippen LogP contribution in [0.4, 0.5) is 10.5 Å². The van der Waals surface area contributed by atoms with E-state index >= 15 is 0 Å². The normalized spacial score (nSPS) is 15.0. The minimum absolute atomic E-state index is 0.116. The number of aliphatic hydroxyl groups is 1. The van der Waals surface area contributed by atoms with Gasteiger partial charge in [0.1, 0.15) is 0 Å². The number of hydrogen-bond acceptors (Lipinski definition) is 3. The summed E-state index contributed by atoms with van der Waals surface area (Å²) in [6, 6.07) is 7.18. The van der Waals surface area contributed by atoms with Crippen LogP contribution in [0.2, 0.25) is 0 Å². The average Bonchev–Trinajstić information content (AvgIpc) is 2.51. The zero-order valence-corrected chi connectivity index (χ0v) is 14.0. The lowest BCUT2D eigenvalue weighted by atomic mass is 9.89. The fourth-order valence-corrected chi connectivity index (χ4v) is 1.95. The van der Waals surface area contributed by atoms with E-state index in [4.69, 9.17) is 4.74 Å². The molecule has 0 spiro atoms. The third-order valence-electron chi connectivity index (χ3n) is 3.97. The van der Waals surface area contributed by atoms with Gasteiger partial charge < -0.3 is 20.5 Å². The smallest absolute Gasteiger partial charge is 0.319 e. The molecule has 3 N–H and O–H groups in total. The lowest BCUT2D eigenvalue weighted by Gasteiger charge is -2.29. The SMILES string of the molecule is CCOCc1ccc(NC(=O)NCC(C)(O)C(C)CC)cc1. The van der Waals surface area contributed by atoms with Crippen molar-refractivity contribution in [1.29, 1.82) is 0 Å². The third kappa shape index (κ3) is 6.03. The van der Waals surface area contributed by atoms with Crippen LogP contribution in [-0.4, -0.2) is 29.9 Å². The number of carbonyl (C=O) groups excluding carboxylic acids is 1. The van der Waals surface area contributed by atoms with Crippen LogP contribution in [-0.2, 0) is 11.3 Å². The van der Waals surface area contributed by atoms with Crippen molar-refractivity contribution in [1.82, 2.24) is 5.32 Å². The maximum absolute atomic E-state index is 11.9.